The molecule has 4 aromatic rings. The molecule has 1 aliphatic carbocycles. The number of methoxy groups -OCH3 is 1. The lowest BCUT2D eigenvalue weighted by Crippen LogP contribution is -2.26. The number of hydrogen-bond donors (Lipinski definition) is 2. The first-order chi connectivity index (χ1) is 23.7. The molecule has 0 bridgehead atoms. The summed E-state index contributed by atoms with van der Waals surface area (Å²) in [4.78, 5) is 19.7. The number of benzene rings is 2. The number of aryl methyl sites for hydroxylation is 1. The summed E-state index contributed by atoms with van der Waals surface area (Å²) >= 11 is 0. The summed E-state index contributed by atoms with van der Waals surface area (Å²) in [5.74, 6) is -0.336. The molecule has 2 aromatic carbocycles. The predicted octanol–water partition coefficient (Wildman–Crippen LogP) is 6.73. The summed E-state index contributed by atoms with van der Waals surface area (Å²) in [7, 11) is 3.13. The quantitative estimate of drug-likeness (QED) is 0.124. The van der Waals surface area contributed by atoms with Crippen LogP contribution in [0, 0.1) is 11.3 Å². The van der Waals surface area contributed by atoms with E-state index < -0.39 is 41.5 Å². The predicted molar refractivity (Wildman–Crippen MR) is 171 cm³/mol. The smallest absolute Gasteiger partial charge is 0.383 e. The number of fused-ring (bicyclic) bond motifs is 1. The molecule has 1 fully saturated rings. The van der Waals surface area contributed by atoms with Gasteiger partial charge in [0.25, 0.3) is 5.91 Å². The number of pyridine rings is 1. The third-order valence-corrected chi connectivity index (χ3v) is 8.88. The first kappa shape index (κ1) is 34.8. The van der Waals surface area contributed by atoms with Gasteiger partial charge in [0.15, 0.2) is 5.82 Å². The minimum atomic E-state index is -4.77. The molecule has 6 rings (SSSR count). The lowest BCUT2D eigenvalue weighted by molar-refractivity contribution is -0.138. The normalized spacial score (nSPS) is 15.3. The molecule has 0 radical (unpaired) electrons. The van der Waals surface area contributed by atoms with Gasteiger partial charge in [-0.15, -0.1) is 10.2 Å². The van der Waals surface area contributed by atoms with Gasteiger partial charge >= 0.3 is 12.4 Å². The van der Waals surface area contributed by atoms with Crippen LogP contribution in [0.4, 0.5) is 38.0 Å². The molecular formula is C34H32F6N8O2. The van der Waals surface area contributed by atoms with Crippen molar-refractivity contribution in [3.8, 4) is 28.6 Å². The van der Waals surface area contributed by atoms with Crippen molar-refractivity contribution in [2.45, 2.75) is 56.7 Å². The Morgan fingerprint density at radius 2 is 1.80 bits per heavy atom. The van der Waals surface area contributed by atoms with E-state index in [2.05, 4.69) is 31.9 Å². The Kier molecular flexibility index (Phi) is 9.31. The van der Waals surface area contributed by atoms with Crippen molar-refractivity contribution in [2.75, 3.05) is 30.5 Å². The molecule has 10 nitrogen and oxygen atoms in total. The number of ether oxygens (including phenoxy) is 1. The van der Waals surface area contributed by atoms with Crippen LogP contribution in [-0.4, -0.2) is 51.5 Å². The molecular weight excluding hydrogens is 666 g/mol. The number of anilines is 2. The average Bonchev–Trinajstić information content (AvgIpc) is 3.56. The number of carbonyl (C=O) groups is 1. The highest BCUT2D eigenvalue weighted by Gasteiger charge is 2.44. The maximum atomic E-state index is 14.4. The zero-order valence-corrected chi connectivity index (χ0v) is 27.0. The minimum absolute atomic E-state index is 0.0555. The molecule has 1 amide bonds. The van der Waals surface area contributed by atoms with Gasteiger partial charge in [-0.25, -0.2) is 4.98 Å². The van der Waals surface area contributed by atoms with Crippen LogP contribution in [0.25, 0.3) is 22.5 Å². The Bertz CT molecular complexity index is 1960. The van der Waals surface area contributed by atoms with Crippen molar-refractivity contribution in [1.82, 2.24) is 25.1 Å². The van der Waals surface area contributed by atoms with Crippen LogP contribution in [0.3, 0.4) is 0 Å². The first-order valence-electron chi connectivity index (χ1n) is 15.7. The van der Waals surface area contributed by atoms with Crippen LogP contribution in [-0.2, 0) is 37.2 Å². The molecule has 16 heteroatoms. The van der Waals surface area contributed by atoms with Crippen molar-refractivity contribution in [1.29, 1.82) is 5.26 Å². The van der Waals surface area contributed by atoms with Crippen molar-refractivity contribution in [2.24, 2.45) is 7.05 Å². The SMILES string of the molecule is COCCNCc1cc2c(c(C(F)(F)F)c1)CN(c1cc(-c3cc(C(F)(F)F)ccc3-c3nncn3C)cc(NC3(CCC#N)CC3)n1)C2=O. The average molecular weight is 699 g/mol. The number of carbonyl (C=O) groups excluding carboxylic acids is 1. The van der Waals surface area contributed by atoms with Gasteiger partial charge in [0.05, 0.1) is 30.3 Å². The van der Waals surface area contributed by atoms with E-state index in [9.17, 15) is 36.4 Å². The summed E-state index contributed by atoms with van der Waals surface area (Å²) in [6.45, 7) is 0.308. The topological polar surface area (TPSA) is 121 Å². The zero-order valence-electron chi connectivity index (χ0n) is 27.0. The van der Waals surface area contributed by atoms with E-state index in [1.165, 1.54) is 42.3 Å². The molecule has 2 aliphatic rings. The standard InChI is InChI=1S/C34H32F6N8O2/c1-47-19-43-46-30(47)23-5-4-22(33(35,36)37)16-24(23)21-14-28(45-32(7-8-32)6-3-9-41)44-29(15-21)48-18-26-25(31(48)49)12-20(17-42-10-11-50-2)13-27(26)34(38,39)40/h4-5,12-16,19,42H,3,6-8,10-11,17-18H2,1-2H3,(H,44,45). The molecule has 2 N–H and O–H groups in total. The van der Waals surface area contributed by atoms with Crippen molar-refractivity contribution in [3.05, 3.63) is 76.6 Å². The first-order valence-corrected chi connectivity index (χ1v) is 15.7. The van der Waals surface area contributed by atoms with Gasteiger partial charge in [0, 0.05) is 50.3 Å². The number of alkyl halides is 6. The fourth-order valence-corrected chi connectivity index (χ4v) is 6.13. The largest absolute Gasteiger partial charge is 0.416 e. The number of nitrogens with zero attached hydrogens (tertiary/aromatic N) is 6. The molecule has 1 aliphatic heterocycles. The van der Waals surface area contributed by atoms with E-state index in [0.717, 1.165) is 23.1 Å². The van der Waals surface area contributed by atoms with Gasteiger partial charge in [-0.1, -0.05) is 0 Å². The summed E-state index contributed by atoms with van der Waals surface area (Å²) < 4.78 is 91.8. The van der Waals surface area contributed by atoms with Crippen LogP contribution in [0.1, 0.15) is 58.3 Å². The maximum Gasteiger partial charge on any atom is 0.416 e. The van der Waals surface area contributed by atoms with E-state index in [-0.39, 0.29) is 58.2 Å². The van der Waals surface area contributed by atoms with Gasteiger partial charge in [0.2, 0.25) is 0 Å². The molecule has 0 spiro atoms. The van der Waals surface area contributed by atoms with E-state index >= 15 is 0 Å². The van der Waals surface area contributed by atoms with Crippen LogP contribution in [0.2, 0.25) is 0 Å². The second-order valence-electron chi connectivity index (χ2n) is 12.4. The van der Waals surface area contributed by atoms with E-state index in [1.807, 2.05) is 0 Å². The number of nitriles is 1. The number of aromatic nitrogens is 4. The molecule has 0 saturated heterocycles. The van der Waals surface area contributed by atoms with Gasteiger partial charge in [-0.05, 0) is 84.0 Å². The third-order valence-electron chi connectivity index (χ3n) is 8.88. The second kappa shape index (κ2) is 13.4. The molecule has 262 valence electrons. The highest BCUT2D eigenvalue weighted by molar-refractivity contribution is 6.10. The Morgan fingerprint density at radius 1 is 1.02 bits per heavy atom. The molecule has 0 atom stereocenters. The summed E-state index contributed by atoms with van der Waals surface area (Å²) in [5.41, 5.74) is -1.91. The van der Waals surface area contributed by atoms with Crippen LogP contribution in [0.5, 0.6) is 0 Å². The lowest BCUT2D eigenvalue weighted by Gasteiger charge is -2.22. The Hall–Kier alpha value is -5.01. The fraction of sp³-hybridized carbons (Fsp3) is 0.382. The molecule has 3 heterocycles. The van der Waals surface area contributed by atoms with Crippen molar-refractivity contribution in [3.63, 3.8) is 0 Å². The Balaban J connectivity index is 1.48. The van der Waals surface area contributed by atoms with E-state index in [0.29, 0.717) is 38.0 Å². The fourth-order valence-electron chi connectivity index (χ4n) is 6.13. The van der Waals surface area contributed by atoms with E-state index in [4.69, 9.17) is 4.74 Å². The van der Waals surface area contributed by atoms with Gasteiger partial charge in [-0.2, -0.15) is 31.6 Å². The Morgan fingerprint density at radius 3 is 2.44 bits per heavy atom. The summed E-state index contributed by atoms with van der Waals surface area (Å²) in [6, 6.07) is 10.6. The number of halogens is 6. The molecule has 50 heavy (non-hydrogen) atoms. The Labute approximate surface area is 283 Å². The minimum Gasteiger partial charge on any atom is -0.383 e. The van der Waals surface area contributed by atoms with Crippen LogP contribution >= 0.6 is 0 Å². The third kappa shape index (κ3) is 7.15. The number of nitrogens with one attached hydrogen (secondary N) is 2. The monoisotopic (exact) mass is 698 g/mol. The number of hydrogen-bond acceptors (Lipinski definition) is 8. The summed E-state index contributed by atoms with van der Waals surface area (Å²) in [5, 5.41) is 23.4. The summed E-state index contributed by atoms with van der Waals surface area (Å²) in [6.07, 6.45) is -5.95. The van der Waals surface area contributed by atoms with E-state index in [1.54, 1.807) is 7.05 Å². The number of amides is 1. The molecule has 0 unspecified atom stereocenters. The van der Waals surface area contributed by atoms with Gasteiger partial charge in [-0.3, -0.25) is 9.69 Å². The maximum absolute atomic E-state index is 14.4. The molecule has 1 saturated carbocycles. The highest BCUT2D eigenvalue weighted by Crippen LogP contribution is 2.45. The highest BCUT2D eigenvalue weighted by atomic mass is 19.4. The lowest BCUT2D eigenvalue weighted by atomic mass is 9.96. The number of rotatable bonds is 12. The van der Waals surface area contributed by atoms with Gasteiger partial charge in [0.1, 0.15) is 18.0 Å². The molecule has 2 aromatic heterocycles. The zero-order chi connectivity index (χ0) is 35.8. The van der Waals surface area contributed by atoms with Crippen LogP contribution in [0.15, 0.2) is 48.8 Å². The van der Waals surface area contributed by atoms with Gasteiger partial charge < -0.3 is 19.9 Å². The second-order valence-corrected chi connectivity index (χ2v) is 12.4. The van der Waals surface area contributed by atoms with Crippen molar-refractivity contribution < 1.29 is 35.9 Å². The van der Waals surface area contributed by atoms with Crippen LogP contribution < -0.4 is 15.5 Å². The van der Waals surface area contributed by atoms with Crippen molar-refractivity contribution >= 4 is 17.5 Å².